The van der Waals surface area contributed by atoms with E-state index in [2.05, 4.69) is 34.1 Å². The Labute approximate surface area is 310 Å². The zero-order valence-electron chi connectivity index (χ0n) is 30.6. The first-order valence-electron chi connectivity index (χ1n) is 18.7. The molecule has 0 aromatic heterocycles. The Morgan fingerprint density at radius 1 is 1.08 bits per heavy atom. The summed E-state index contributed by atoms with van der Waals surface area (Å²) in [5.41, 5.74) is 0.715. The van der Waals surface area contributed by atoms with E-state index in [1.165, 1.54) is 11.0 Å². The summed E-state index contributed by atoms with van der Waals surface area (Å²) >= 11 is 0. The summed E-state index contributed by atoms with van der Waals surface area (Å²) in [4.78, 5) is 74.7. The first-order valence-corrected chi connectivity index (χ1v) is 20.3. The van der Waals surface area contributed by atoms with Gasteiger partial charge in [0.25, 0.3) is 5.91 Å². The number of fused-ring (bicyclic) bond motifs is 4. The number of hydrogen-bond donors (Lipinski definition) is 3. The summed E-state index contributed by atoms with van der Waals surface area (Å²) < 4.78 is 33.6. The second-order valence-electron chi connectivity index (χ2n) is 16.5. The average Bonchev–Trinajstić information content (AvgIpc) is 3.91. The van der Waals surface area contributed by atoms with Crippen LogP contribution in [0.3, 0.4) is 0 Å². The molecule has 0 radical (unpaired) electrons. The predicted molar refractivity (Wildman–Crippen MR) is 195 cm³/mol. The predicted octanol–water partition coefficient (Wildman–Crippen LogP) is 3.17. The third-order valence-electron chi connectivity index (χ3n) is 11.6. The van der Waals surface area contributed by atoms with Gasteiger partial charge in [-0.15, -0.1) is 6.58 Å². The lowest BCUT2D eigenvalue weighted by atomic mass is 9.85. The van der Waals surface area contributed by atoms with Crippen molar-refractivity contribution in [2.75, 3.05) is 13.1 Å². The van der Waals surface area contributed by atoms with E-state index in [1.54, 1.807) is 9.80 Å². The number of benzene rings is 1. The number of carbonyl (C=O) groups excluding carboxylic acids is 5. The Kier molecular flexibility index (Phi) is 9.61. The van der Waals surface area contributed by atoms with Crippen molar-refractivity contribution in [3.05, 3.63) is 53.6 Å². The molecule has 286 valence electrons. The molecule has 2 saturated heterocycles. The van der Waals surface area contributed by atoms with Gasteiger partial charge in [0, 0.05) is 31.5 Å². The smallest absolute Gasteiger partial charge is 0.410 e. The van der Waals surface area contributed by atoms with Gasteiger partial charge in [-0.2, -0.15) is 0 Å². The summed E-state index contributed by atoms with van der Waals surface area (Å²) in [7, 11) is -3.90. The molecule has 0 unspecified atom stereocenters. The standard InChI is InChI=1S/C38H50N6O8S/c1-5-25-19-38(25,34(47)41-53(50,51)28-15-16-28)40-32(45)30-18-27-21-44(30)33(46)31(37(2,3)4)39-35(48)43-17-9-14-26(43)13-7-6-10-23-11-8-12-24-20-42(22-29(23)24)36(49)52-27/h5-6,8,10-12,25-28,30-31H,1,7,9,13-22H2,2-4H3,(H,39,48)(H,40,45)(H,41,47)/b10-6+/t25-,26+,27-,30+,31-,38-/m1/s1. The number of nitrogens with zero attached hydrogens (tertiary/aromatic N) is 3. The van der Waals surface area contributed by atoms with Crippen molar-refractivity contribution in [3.8, 4) is 0 Å². The largest absolute Gasteiger partial charge is 0.444 e. The summed E-state index contributed by atoms with van der Waals surface area (Å²) in [6.07, 6.45) is 8.41. The molecule has 6 aliphatic rings. The molecule has 15 heteroatoms. The van der Waals surface area contributed by atoms with Crippen LogP contribution in [0.1, 0.15) is 88.8 Å². The van der Waals surface area contributed by atoms with Gasteiger partial charge in [-0.3, -0.25) is 24.0 Å². The third kappa shape index (κ3) is 7.28. The summed E-state index contributed by atoms with van der Waals surface area (Å²) in [6.45, 7) is 10.4. The number of amides is 6. The number of rotatable bonds is 6. The van der Waals surface area contributed by atoms with Crippen LogP contribution >= 0.6 is 0 Å². The maximum atomic E-state index is 14.6. The van der Waals surface area contributed by atoms with Crippen LogP contribution in [0.2, 0.25) is 0 Å². The van der Waals surface area contributed by atoms with Gasteiger partial charge in [0.05, 0.1) is 18.3 Å². The highest BCUT2D eigenvalue weighted by Gasteiger charge is 2.62. The molecule has 6 amide bonds. The minimum Gasteiger partial charge on any atom is -0.444 e. The molecule has 3 N–H and O–H groups in total. The van der Waals surface area contributed by atoms with Gasteiger partial charge in [0.2, 0.25) is 21.8 Å². The molecule has 4 aliphatic heterocycles. The average molecular weight is 751 g/mol. The molecule has 14 nitrogen and oxygen atoms in total. The maximum absolute atomic E-state index is 14.6. The van der Waals surface area contributed by atoms with Crippen molar-refractivity contribution in [1.82, 2.24) is 30.1 Å². The number of sulfonamides is 1. The number of hydrogen-bond acceptors (Lipinski definition) is 8. The number of urea groups is 1. The van der Waals surface area contributed by atoms with Crippen LogP contribution in [0, 0.1) is 11.3 Å². The van der Waals surface area contributed by atoms with E-state index in [4.69, 9.17) is 4.74 Å². The van der Waals surface area contributed by atoms with Crippen molar-refractivity contribution in [2.45, 2.75) is 120 Å². The summed E-state index contributed by atoms with van der Waals surface area (Å²) in [5.74, 6) is -2.59. The Hall–Kier alpha value is -4.40. The minimum absolute atomic E-state index is 0.00226. The van der Waals surface area contributed by atoms with Crippen molar-refractivity contribution in [1.29, 1.82) is 0 Å². The molecule has 4 bridgehead atoms. The molecule has 1 aromatic rings. The Morgan fingerprint density at radius 3 is 2.55 bits per heavy atom. The van der Waals surface area contributed by atoms with E-state index < -0.39 is 74.1 Å². The normalized spacial score (nSPS) is 31.0. The molecule has 2 aliphatic carbocycles. The fourth-order valence-electron chi connectivity index (χ4n) is 8.27. The Morgan fingerprint density at radius 2 is 1.85 bits per heavy atom. The SMILES string of the molecule is C=C[C@@H]1C[C@]1(NC(=O)[C@@H]1C[C@@H]2CN1C(=O)[C@H](C(C)(C)C)NC(=O)N1CCC[C@@H]1CC/C=C/c1cccc3c1CN(C3)C(=O)O2)C(=O)NS(=O)(=O)C1CC1. The summed E-state index contributed by atoms with van der Waals surface area (Å²) in [5, 5.41) is 5.13. The second-order valence-corrected chi connectivity index (χ2v) is 18.4. The number of allylic oxidation sites excluding steroid dienone is 1. The van der Waals surface area contributed by atoms with Gasteiger partial charge < -0.3 is 25.2 Å². The van der Waals surface area contributed by atoms with Gasteiger partial charge >= 0.3 is 12.1 Å². The molecular formula is C38H50N6O8S. The zero-order valence-corrected chi connectivity index (χ0v) is 31.5. The van der Waals surface area contributed by atoms with Crippen LogP contribution in [0.15, 0.2) is 36.9 Å². The van der Waals surface area contributed by atoms with Crippen molar-refractivity contribution in [3.63, 3.8) is 0 Å². The van der Waals surface area contributed by atoms with Crippen LogP contribution in [0.25, 0.3) is 6.08 Å². The number of ether oxygens (including phenoxy) is 1. The van der Waals surface area contributed by atoms with E-state index in [-0.39, 0.29) is 31.5 Å². The fourth-order valence-corrected chi connectivity index (χ4v) is 9.63. The van der Waals surface area contributed by atoms with Crippen LogP contribution in [-0.4, -0.2) is 101 Å². The highest BCUT2D eigenvalue weighted by atomic mass is 32.2. The lowest BCUT2D eigenvalue weighted by Gasteiger charge is -2.37. The topological polar surface area (TPSA) is 175 Å². The monoisotopic (exact) mass is 750 g/mol. The molecule has 53 heavy (non-hydrogen) atoms. The maximum Gasteiger partial charge on any atom is 0.410 e. The van der Waals surface area contributed by atoms with E-state index >= 15 is 0 Å². The molecule has 4 heterocycles. The van der Waals surface area contributed by atoms with E-state index in [0.717, 1.165) is 42.4 Å². The first-order chi connectivity index (χ1) is 25.1. The molecule has 6 atom stereocenters. The Balaban J connectivity index is 1.19. The number of nitrogens with one attached hydrogen (secondary N) is 3. The Bertz CT molecular complexity index is 1850. The van der Waals surface area contributed by atoms with E-state index in [0.29, 0.717) is 32.5 Å². The summed E-state index contributed by atoms with van der Waals surface area (Å²) in [6, 6.07) is 3.38. The lowest BCUT2D eigenvalue weighted by molar-refractivity contribution is -0.142. The third-order valence-corrected chi connectivity index (χ3v) is 13.4. The van der Waals surface area contributed by atoms with Gasteiger partial charge in [-0.25, -0.2) is 18.0 Å². The van der Waals surface area contributed by atoms with Crippen molar-refractivity contribution < 1.29 is 37.1 Å². The van der Waals surface area contributed by atoms with Gasteiger partial charge in [0.15, 0.2) is 0 Å². The molecule has 0 spiro atoms. The molecular weight excluding hydrogens is 701 g/mol. The van der Waals surface area contributed by atoms with Gasteiger partial charge in [-0.1, -0.05) is 57.2 Å². The second kappa shape index (κ2) is 13.8. The molecule has 2 saturated carbocycles. The van der Waals surface area contributed by atoms with Gasteiger partial charge in [-0.05, 0) is 67.1 Å². The van der Waals surface area contributed by atoms with Crippen molar-refractivity contribution in [2.24, 2.45) is 11.3 Å². The molecule has 4 fully saturated rings. The zero-order chi connectivity index (χ0) is 37.9. The molecule has 1 aromatic carbocycles. The van der Waals surface area contributed by atoms with Crippen LogP contribution in [0.5, 0.6) is 0 Å². The minimum atomic E-state index is -3.90. The van der Waals surface area contributed by atoms with Crippen LogP contribution in [-0.2, 0) is 42.2 Å². The number of carbonyl (C=O) groups is 5. The quantitative estimate of drug-likeness (QED) is 0.372. The van der Waals surface area contributed by atoms with Gasteiger partial charge in [0.1, 0.15) is 23.7 Å². The van der Waals surface area contributed by atoms with Crippen molar-refractivity contribution >= 4 is 45.9 Å². The fraction of sp³-hybridized carbons (Fsp3) is 0.605. The van der Waals surface area contributed by atoms with E-state index in [9.17, 15) is 32.4 Å². The van der Waals surface area contributed by atoms with E-state index in [1.807, 2.05) is 39.0 Å². The highest BCUT2D eigenvalue weighted by molar-refractivity contribution is 7.91. The lowest BCUT2D eigenvalue weighted by Crippen LogP contribution is -2.61. The molecule has 7 rings (SSSR count). The first kappa shape index (κ1) is 36.9. The van der Waals surface area contributed by atoms with Crippen LogP contribution < -0.4 is 15.4 Å². The highest BCUT2D eigenvalue weighted by Crippen LogP contribution is 2.45. The van der Waals surface area contributed by atoms with Crippen LogP contribution in [0.4, 0.5) is 9.59 Å².